The fourth-order valence-electron chi connectivity index (χ4n) is 2.64. The number of benzene rings is 2. The molecule has 0 amide bonds. The van der Waals surface area contributed by atoms with Crippen molar-refractivity contribution in [2.45, 2.75) is 13.8 Å². The van der Waals surface area contributed by atoms with Crippen LogP contribution in [0.4, 0.5) is 28.8 Å². The molecule has 3 rings (SSSR count). The molecule has 0 aliphatic rings. The van der Waals surface area contributed by atoms with Crippen LogP contribution in [0.2, 0.25) is 5.02 Å². The molecule has 1 aromatic heterocycles. The molecule has 2 aromatic carbocycles. The van der Waals surface area contributed by atoms with Gasteiger partial charge in [-0.2, -0.15) is 4.98 Å². The van der Waals surface area contributed by atoms with E-state index in [4.69, 9.17) is 11.6 Å². The lowest BCUT2D eigenvalue weighted by Gasteiger charge is -2.21. The Morgan fingerprint density at radius 3 is 2.12 bits per heavy atom. The zero-order valence-corrected chi connectivity index (χ0v) is 15.7. The third kappa shape index (κ3) is 4.64. The molecule has 134 valence electrons. The first kappa shape index (κ1) is 18.0. The van der Waals surface area contributed by atoms with E-state index in [0.717, 1.165) is 30.3 Å². The summed E-state index contributed by atoms with van der Waals surface area (Å²) in [6, 6.07) is 17.6. The molecule has 0 bridgehead atoms. The predicted molar refractivity (Wildman–Crippen MR) is 110 cm³/mol. The van der Waals surface area contributed by atoms with Gasteiger partial charge in [-0.15, -0.1) is 0 Å². The second kappa shape index (κ2) is 8.54. The minimum absolute atomic E-state index is 0.525. The van der Waals surface area contributed by atoms with Crippen LogP contribution in [0.25, 0.3) is 0 Å². The maximum Gasteiger partial charge on any atom is 0.229 e. The Morgan fingerprint density at radius 2 is 1.46 bits per heavy atom. The zero-order valence-electron chi connectivity index (χ0n) is 14.9. The van der Waals surface area contributed by atoms with Crippen LogP contribution in [0.15, 0.2) is 60.8 Å². The Kier molecular flexibility index (Phi) is 5.92. The van der Waals surface area contributed by atoms with Gasteiger partial charge in [0.2, 0.25) is 5.95 Å². The van der Waals surface area contributed by atoms with Crippen LogP contribution >= 0.6 is 11.6 Å². The summed E-state index contributed by atoms with van der Waals surface area (Å²) in [5.74, 6) is 1.25. The monoisotopic (exact) mass is 367 g/mol. The van der Waals surface area contributed by atoms with Gasteiger partial charge in [0, 0.05) is 41.4 Å². The average molecular weight is 368 g/mol. The normalized spacial score (nSPS) is 10.4. The summed E-state index contributed by atoms with van der Waals surface area (Å²) in [5.41, 5.74) is 3.08. The fourth-order valence-corrected chi connectivity index (χ4v) is 2.77. The molecule has 26 heavy (non-hydrogen) atoms. The van der Waals surface area contributed by atoms with Crippen LogP contribution in [0.1, 0.15) is 13.8 Å². The van der Waals surface area contributed by atoms with Gasteiger partial charge < -0.3 is 15.5 Å². The average Bonchev–Trinajstić information content (AvgIpc) is 2.66. The molecular formula is C20H22ClN5. The lowest BCUT2D eigenvalue weighted by molar-refractivity contribution is 0.866. The van der Waals surface area contributed by atoms with Crippen molar-refractivity contribution >= 4 is 40.4 Å². The molecule has 0 saturated carbocycles. The third-order valence-corrected chi connectivity index (χ3v) is 4.28. The molecule has 2 N–H and O–H groups in total. The van der Waals surface area contributed by atoms with Crippen LogP contribution in [0, 0.1) is 0 Å². The van der Waals surface area contributed by atoms with E-state index in [9.17, 15) is 0 Å². The smallest absolute Gasteiger partial charge is 0.229 e. The fraction of sp³-hybridized carbons (Fsp3) is 0.200. The zero-order chi connectivity index (χ0) is 18.4. The van der Waals surface area contributed by atoms with Crippen molar-refractivity contribution in [3.63, 3.8) is 0 Å². The molecule has 0 atom stereocenters. The van der Waals surface area contributed by atoms with Gasteiger partial charge in [0.05, 0.1) is 0 Å². The van der Waals surface area contributed by atoms with Crippen molar-refractivity contribution in [2.75, 3.05) is 28.6 Å². The Balaban J connectivity index is 1.69. The van der Waals surface area contributed by atoms with E-state index in [2.05, 4.69) is 63.6 Å². The Morgan fingerprint density at radius 1 is 0.846 bits per heavy atom. The summed E-state index contributed by atoms with van der Waals surface area (Å²) in [4.78, 5) is 11.1. The Hall–Kier alpha value is -2.79. The number of halogens is 1. The van der Waals surface area contributed by atoms with Crippen LogP contribution in [0.5, 0.6) is 0 Å². The molecular weight excluding hydrogens is 346 g/mol. The molecule has 6 heteroatoms. The van der Waals surface area contributed by atoms with Crippen LogP contribution < -0.4 is 15.5 Å². The summed E-state index contributed by atoms with van der Waals surface area (Å²) in [6.45, 7) is 6.31. The van der Waals surface area contributed by atoms with E-state index in [-0.39, 0.29) is 0 Å². The molecule has 3 aromatic rings. The number of anilines is 5. The highest BCUT2D eigenvalue weighted by Crippen LogP contribution is 2.21. The van der Waals surface area contributed by atoms with Gasteiger partial charge in [0.15, 0.2) is 0 Å². The van der Waals surface area contributed by atoms with Gasteiger partial charge in [-0.3, -0.25) is 0 Å². The summed E-state index contributed by atoms with van der Waals surface area (Å²) in [7, 11) is 0. The van der Waals surface area contributed by atoms with Gasteiger partial charge in [0.25, 0.3) is 0 Å². The van der Waals surface area contributed by atoms with E-state index in [1.807, 2.05) is 30.3 Å². The molecule has 0 unspecified atom stereocenters. The standard InChI is InChI=1S/C20H22ClN5/c1-3-26(4-2)18-11-9-16(10-12-18)23-19-13-14-22-20(25-19)24-17-7-5-15(21)6-8-17/h5-14H,3-4H2,1-2H3,(H2,22,23,24,25). The van der Waals surface area contributed by atoms with E-state index >= 15 is 0 Å². The highest BCUT2D eigenvalue weighted by atomic mass is 35.5. The first-order chi connectivity index (χ1) is 12.7. The largest absolute Gasteiger partial charge is 0.372 e. The van der Waals surface area contributed by atoms with Gasteiger partial charge >= 0.3 is 0 Å². The van der Waals surface area contributed by atoms with Crippen LogP contribution in [-0.2, 0) is 0 Å². The Bertz CT molecular complexity index is 830. The molecule has 0 fully saturated rings. The van der Waals surface area contributed by atoms with Crippen molar-refractivity contribution < 1.29 is 0 Å². The minimum atomic E-state index is 0.525. The van der Waals surface area contributed by atoms with E-state index in [1.165, 1.54) is 5.69 Å². The second-order valence-electron chi connectivity index (χ2n) is 5.74. The first-order valence-electron chi connectivity index (χ1n) is 8.65. The van der Waals surface area contributed by atoms with Gasteiger partial charge in [-0.05, 0) is 68.4 Å². The van der Waals surface area contributed by atoms with Crippen molar-refractivity contribution in [3.05, 3.63) is 65.8 Å². The van der Waals surface area contributed by atoms with Crippen LogP contribution in [-0.4, -0.2) is 23.1 Å². The Labute approximate surface area is 159 Å². The molecule has 0 aliphatic heterocycles. The van der Waals surface area contributed by atoms with Crippen molar-refractivity contribution in [1.82, 2.24) is 9.97 Å². The second-order valence-corrected chi connectivity index (χ2v) is 6.18. The van der Waals surface area contributed by atoms with E-state index < -0.39 is 0 Å². The first-order valence-corrected chi connectivity index (χ1v) is 9.03. The molecule has 1 heterocycles. The van der Waals surface area contributed by atoms with Crippen molar-refractivity contribution in [1.29, 1.82) is 0 Å². The van der Waals surface area contributed by atoms with Gasteiger partial charge in [-0.25, -0.2) is 4.98 Å². The summed E-state index contributed by atoms with van der Waals surface area (Å²) < 4.78 is 0. The van der Waals surface area contributed by atoms with E-state index in [1.54, 1.807) is 6.20 Å². The molecule has 0 aliphatic carbocycles. The van der Waals surface area contributed by atoms with Crippen molar-refractivity contribution in [2.24, 2.45) is 0 Å². The lowest BCUT2D eigenvalue weighted by Crippen LogP contribution is -2.21. The molecule has 5 nitrogen and oxygen atoms in total. The number of hydrogen-bond donors (Lipinski definition) is 2. The number of nitrogens with one attached hydrogen (secondary N) is 2. The molecule has 0 radical (unpaired) electrons. The quantitative estimate of drug-likeness (QED) is 0.580. The number of nitrogens with zero attached hydrogens (tertiary/aromatic N) is 3. The minimum Gasteiger partial charge on any atom is -0.372 e. The maximum absolute atomic E-state index is 5.91. The highest BCUT2D eigenvalue weighted by molar-refractivity contribution is 6.30. The topological polar surface area (TPSA) is 53.1 Å². The van der Waals surface area contributed by atoms with Crippen LogP contribution in [0.3, 0.4) is 0 Å². The summed E-state index contributed by atoms with van der Waals surface area (Å²) in [6.07, 6.45) is 1.72. The number of hydrogen-bond acceptors (Lipinski definition) is 5. The summed E-state index contributed by atoms with van der Waals surface area (Å²) in [5, 5.41) is 7.17. The molecule has 0 saturated heterocycles. The number of aromatic nitrogens is 2. The summed E-state index contributed by atoms with van der Waals surface area (Å²) >= 11 is 5.91. The predicted octanol–water partition coefficient (Wildman–Crippen LogP) is 5.46. The highest BCUT2D eigenvalue weighted by Gasteiger charge is 2.04. The van der Waals surface area contributed by atoms with E-state index in [0.29, 0.717) is 11.0 Å². The third-order valence-electron chi connectivity index (χ3n) is 4.02. The van der Waals surface area contributed by atoms with Crippen molar-refractivity contribution in [3.8, 4) is 0 Å². The maximum atomic E-state index is 5.91. The van der Waals surface area contributed by atoms with Gasteiger partial charge in [-0.1, -0.05) is 11.6 Å². The SMILES string of the molecule is CCN(CC)c1ccc(Nc2ccnc(Nc3ccc(Cl)cc3)n2)cc1. The lowest BCUT2D eigenvalue weighted by atomic mass is 10.2. The number of rotatable bonds is 7. The van der Waals surface area contributed by atoms with Gasteiger partial charge in [0.1, 0.15) is 5.82 Å². The molecule has 0 spiro atoms.